The molecule has 0 aliphatic carbocycles. The highest BCUT2D eigenvalue weighted by Gasteiger charge is 2.11. The summed E-state index contributed by atoms with van der Waals surface area (Å²) in [5, 5.41) is 3.22. The molecule has 0 saturated carbocycles. The highest BCUT2D eigenvalue weighted by atomic mass is 32.2. The van der Waals surface area contributed by atoms with Crippen LogP contribution >= 0.6 is 0 Å². The molecule has 1 N–H and O–H groups in total. The Morgan fingerprint density at radius 3 is 2.61 bits per heavy atom. The van der Waals surface area contributed by atoms with Crippen LogP contribution in [0.1, 0.15) is 16.7 Å². The van der Waals surface area contributed by atoms with Gasteiger partial charge in [0.25, 0.3) is 0 Å². The smallest absolute Gasteiger partial charge is 0.233 e. The van der Waals surface area contributed by atoms with Crippen molar-refractivity contribution in [3.63, 3.8) is 0 Å². The fourth-order valence-electron chi connectivity index (χ4n) is 2.05. The summed E-state index contributed by atoms with van der Waals surface area (Å²) in [5.74, 6) is -0.361. The van der Waals surface area contributed by atoms with Crippen molar-refractivity contribution in [3.05, 3.63) is 59.3 Å². The van der Waals surface area contributed by atoms with Crippen LogP contribution in [-0.4, -0.2) is 28.0 Å². The predicted octanol–water partition coefficient (Wildman–Crippen LogP) is 1.96. The quantitative estimate of drug-likeness (QED) is 0.841. The average molecular weight is 332 g/mol. The first-order valence-electron chi connectivity index (χ1n) is 7.23. The van der Waals surface area contributed by atoms with E-state index in [1.165, 1.54) is 0 Å². The third-order valence-electron chi connectivity index (χ3n) is 3.27. The summed E-state index contributed by atoms with van der Waals surface area (Å²) in [6.07, 6.45) is 1.64. The van der Waals surface area contributed by atoms with Crippen molar-refractivity contribution >= 4 is 16.7 Å². The van der Waals surface area contributed by atoms with E-state index in [1.54, 1.807) is 19.4 Å². The van der Waals surface area contributed by atoms with Crippen molar-refractivity contribution in [2.24, 2.45) is 0 Å². The molecule has 0 fully saturated rings. The van der Waals surface area contributed by atoms with Crippen LogP contribution < -0.4 is 5.32 Å². The van der Waals surface area contributed by atoms with Crippen molar-refractivity contribution in [2.45, 2.75) is 25.1 Å². The van der Waals surface area contributed by atoms with E-state index in [0.717, 1.165) is 16.7 Å². The molecule has 1 aromatic carbocycles. The summed E-state index contributed by atoms with van der Waals surface area (Å²) in [6.45, 7) is 2.78. The zero-order valence-corrected chi connectivity index (χ0v) is 14.1. The lowest BCUT2D eigenvalue weighted by Crippen LogP contribution is -2.28. The summed E-state index contributed by atoms with van der Waals surface area (Å²) >= 11 is 0. The summed E-state index contributed by atoms with van der Waals surface area (Å²) in [7, 11) is 0.196. The lowest BCUT2D eigenvalue weighted by molar-refractivity contribution is -0.118. The van der Waals surface area contributed by atoms with Gasteiger partial charge < -0.3 is 10.1 Å². The van der Waals surface area contributed by atoms with Crippen LogP contribution in [0.5, 0.6) is 0 Å². The monoisotopic (exact) mass is 332 g/mol. The molecule has 2 aromatic rings. The molecular formula is C17H20N2O3S. The van der Waals surface area contributed by atoms with E-state index in [-0.39, 0.29) is 11.7 Å². The van der Waals surface area contributed by atoms with Gasteiger partial charge in [0.1, 0.15) is 10.8 Å². The number of amides is 1. The molecule has 1 atom stereocenters. The van der Waals surface area contributed by atoms with E-state index in [1.807, 2.05) is 37.3 Å². The number of aromatic nitrogens is 1. The van der Waals surface area contributed by atoms with Crippen molar-refractivity contribution in [1.29, 1.82) is 0 Å². The van der Waals surface area contributed by atoms with Crippen molar-refractivity contribution in [1.82, 2.24) is 10.3 Å². The van der Waals surface area contributed by atoms with Crippen molar-refractivity contribution in [3.8, 4) is 0 Å². The van der Waals surface area contributed by atoms with Gasteiger partial charge in [-0.15, -0.1) is 0 Å². The normalized spacial score (nSPS) is 11.9. The first-order chi connectivity index (χ1) is 11.1. The predicted molar refractivity (Wildman–Crippen MR) is 89.3 cm³/mol. The molecule has 0 spiro atoms. The zero-order valence-electron chi connectivity index (χ0n) is 13.2. The minimum atomic E-state index is -1.44. The maximum atomic E-state index is 12.1. The number of nitrogens with one attached hydrogen (secondary N) is 1. The number of carbonyl (C=O) groups is 1. The van der Waals surface area contributed by atoms with Crippen molar-refractivity contribution in [2.75, 3.05) is 12.9 Å². The molecule has 23 heavy (non-hydrogen) atoms. The van der Waals surface area contributed by atoms with Gasteiger partial charge >= 0.3 is 0 Å². The second-order valence-corrected chi connectivity index (χ2v) is 6.54. The first-order valence-corrected chi connectivity index (χ1v) is 8.55. The molecule has 1 aromatic heterocycles. The molecule has 2 rings (SSSR count). The van der Waals surface area contributed by atoms with Gasteiger partial charge in [-0.25, -0.2) is 4.98 Å². The van der Waals surface area contributed by atoms with Gasteiger partial charge in [-0.2, -0.15) is 0 Å². The van der Waals surface area contributed by atoms with Crippen LogP contribution in [0.15, 0.2) is 47.6 Å². The lowest BCUT2D eigenvalue weighted by atomic mass is 10.1. The number of carbonyl (C=O) groups excluding carboxylic acids is 1. The summed E-state index contributed by atoms with van der Waals surface area (Å²) in [4.78, 5) is 16.1. The van der Waals surface area contributed by atoms with E-state index in [4.69, 9.17) is 4.74 Å². The van der Waals surface area contributed by atoms with Crippen molar-refractivity contribution < 1.29 is 13.7 Å². The number of ether oxygens (including phenoxy) is 1. The Balaban J connectivity index is 1.90. The molecule has 122 valence electrons. The molecule has 0 aliphatic rings. The Hall–Kier alpha value is -2.05. The molecule has 1 amide bonds. The molecule has 6 heteroatoms. The number of methoxy groups -OCH3 is 1. The molecule has 0 radical (unpaired) electrons. The van der Waals surface area contributed by atoms with Gasteiger partial charge in [-0.1, -0.05) is 30.3 Å². The Bertz CT molecular complexity index is 686. The standard InChI is InChI=1S/C17H20N2O3S/c1-13-7-8-17(19-9-13)23(21)12-16(20)18-10-14-5-3-4-6-15(14)11-22-2/h3-9H,10-12H2,1-2H3,(H,18,20)/t23-/m1/s1. The fraction of sp³-hybridized carbons (Fsp3) is 0.294. The minimum Gasteiger partial charge on any atom is -0.380 e. The van der Waals surface area contributed by atoms with Gasteiger partial charge in [-0.3, -0.25) is 9.00 Å². The van der Waals surface area contributed by atoms with E-state index in [0.29, 0.717) is 18.2 Å². The van der Waals surface area contributed by atoms with Gasteiger partial charge in [0.05, 0.1) is 17.4 Å². The molecule has 0 unspecified atom stereocenters. The molecule has 1 heterocycles. The second kappa shape index (κ2) is 8.55. The van der Waals surface area contributed by atoms with E-state index < -0.39 is 10.8 Å². The molecular weight excluding hydrogens is 312 g/mol. The van der Waals surface area contributed by atoms with Crippen LogP contribution in [0.3, 0.4) is 0 Å². The number of nitrogens with zero attached hydrogens (tertiary/aromatic N) is 1. The Morgan fingerprint density at radius 2 is 1.96 bits per heavy atom. The second-order valence-electron chi connectivity index (χ2n) is 5.14. The summed E-state index contributed by atoms with van der Waals surface area (Å²) < 4.78 is 17.3. The topological polar surface area (TPSA) is 68.3 Å². The van der Waals surface area contributed by atoms with Crippen LogP contribution in [0.25, 0.3) is 0 Å². The fourth-order valence-corrected chi connectivity index (χ4v) is 2.93. The van der Waals surface area contributed by atoms with E-state index in [2.05, 4.69) is 10.3 Å². The summed E-state index contributed by atoms with van der Waals surface area (Å²) in [5.41, 5.74) is 3.00. The number of pyridine rings is 1. The van der Waals surface area contributed by atoms with Gasteiger partial charge in [-0.05, 0) is 29.7 Å². The lowest BCUT2D eigenvalue weighted by Gasteiger charge is -2.10. The highest BCUT2D eigenvalue weighted by molar-refractivity contribution is 7.85. The maximum absolute atomic E-state index is 12.1. The number of hydrogen-bond donors (Lipinski definition) is 1. The molecule has 5 nitrogen and oxygen atoms in total. The largest absolute Gasteiger partial charge is 0.380 e. The zero-order chi connectivity index (χ0) is 16.7. The van der Waals surface area contributed by atoms with E-state index in [9.17, 15) is 9.00 Å². The van der Waals surface area contributed by atoms with Gasteiger partial charge in [0.15, 0.2) is 0 Å². The number of benzene rings is 1. The molecule has 0 bridgehead atoms. The van der Waals surface area contributed by atoms with Crippen LogP contribution in [0, 0.1) is 6.92 Å². The van der Waals surface area contributed by atoms with E-state index >= 15 is 0 Å². The average Bonchev–Trinajstić information content (AvgIpc) is 2.55. The Labute approximate surface area is 138 Å². The first kappa shape index (κ1) is 17.3. The third-order valence-corrected chi connectivity index (χ3v) is 4.51. The Morgan fingerprint density at radius 1 is 1.22 bits per heavy atom. The minimum absolute atomic E-state index is 0.0947. The maximum Gasteiger partial charge on any atom is 0.233 e. The number of aryl methyl sites for hydroxylation is 1. The molecule has 0 saturated heterocycles. The highest BCUT2D eigenvalue weighted by Crippen LogP contribution is 2.10. The summed E-state index contributed by atoms with van der Waals surface area (Å²) in [6, 6.07) is 11.3. The molecule has 0 aliphatic heterocycles. The SMILES string of the molecule is COCc1ccccc1CNC(=O)C[S@@](=O)c1ccc(C)cn1. The van der Waals surface area contributed by atoms with Gasteiger partial charge in [0.2, 0.25) is 5.91 Å². The number of rotatable bonds is 7. The number of hydrogen-bond acceptors (Lipinski definition) is 4. The van der Waals surface area contributed by atoms with Crippen LogP contribution in [0.2, 0.25) is 0 Å². The van der Waals surface area contributed by atoms with Crippen LogP contribution in [-0.2, 0) is 33.5 Å². The Kier molecular flexibility index (Phi) is 6.43. The third kappa shape index (κ3) is 5.26. The van der Waals surface area contributed by atoms with Gasteiger partial charge in [0, 0.05) is 19.9 Å². The van der Waals surface area contributed by atoms with Crippen LogP contribution in [0.4, 0.5) is 0 Å².